The zero-order chi connectivity index (χ0) is 14.8. The van der Waals surface area contributed by atoms with Crippen LogP contribution in [0.2, 0.25) is 0 Å². The van der Waals surface area contributed by atoms with E-state index in [1.54, 1.807) is 0 Å². The summed E-state index contributed by atoms with van der Waals surface area (Å²) in [7, 11) is 0. The van der Waals surface area contributed by atoms with Gasteiger partial charge in [-0.25, -0.2) is 4.79 Å². The number of carbonyl (C=O) groups is 1. The fourth-order valence-electron chi connectivity index (χ4n) is 1.53. The van der Waals surface area contributed by atoms with Crippen molar-refractivity contribution in [1.82, 2.24) is 0 Å². The highest BCUT2D eigenvalue weighted by molar-refractivity contribution is 5.82. The third-order valence-corrected chi connectivity index (χ3v) is 2.67. The maximum Gasteiger partial charge on any atom is 0.432 e. The van der Waals surface area contributed by atoms with Crippen molar-refractivity contribution in [3.8, 4) is 0 Å². The van der Waals surface area contributed by atoms with Crippen LogP contribution in [0.3, 0.4) is 0 Å². The zero-order valence-electron chi connectivity index (χ0n) is 10.4. The van der Waals surface area contributed by atoms with Gasteiger partial charge in [0, 0.05) is 11.3 Å². The smallest absolute Gasteiger partial charge is 0.432 e. The Labute approximate surface area is 108 Å². The van der Waals surface area contributed by atoms with Crippen molar-refractivity contribution in [1.29, 1.82) is 0 Å². The first-order chi connectivity index (χ1) is 8.64. The molecule has 0 spiro atoms. The highest BCUT2D eigenvalue weighted by Crippen LogP contribution is 2.40. The SMILES string of the molecule is CCOC(=O)[C@@](O)(c1ccc(N)c(C)c1)C(F)(F)F. The molecule has 0 amide bonds. The van der Waals surface area contributed by atoms with Crippen LogP contribution in [0.15, 0.2) is 18.2 Å². The highest BCUT2D eigenvalue weighted by atomic mass is 19.4. The molecular weight excluding hydrogens is 263 g/mol. The summed E-state index contributed by atoms with van der Waals surface area (Å²) in [4.78, 5) is 11.5. The number of esters is 1. The van der Waals surface area contributed by atoms with E-state index in [0.717, 1.165) is 12.1 Å². The van der Waals surface area contributed by atoms with E-state index in [4.69, 9.17) is 5.73 Å². The molecule has 0 radical (unpaired) electrons. The summed E-state index contributed by atoms with van der Waals surface area (Å²) in [5, 5.41) is 9.79. The standard InChI is InChI=1S/C12H14F3NO3/c1-3-19-10(17)11(18,12(13,14)15)8-4-5-9(16)7(2)6-8/h4-6,18H,3,16H2,1-2H3/t11-/m0/s1. The first-order valence-electron chi connectivity index (χ1n) is 5.47. The van der Waals surface area contributed by atoms with Crippen molar-refractivity contribution in [2.45, 2.75) is 25.6 Å². The molecule has 19 heavy (non-hydrogen) atoms. The van der Waals surface area contributed by atoms with Gasteiger partial charge in [0.05, 0.1) is 6.61 Å². The number of nitrogens with two attached hydrogens (primary N) is 1. The Kier molecular flexibility index (Phi) is 4.09. The van der Waals surface area contributed by atoms with E-state index in [2.05, 4.69) is 4.74 Å². The van der Waals surface area contributed by atoms with Crippen molar-refractivity contribution >= 4 is 11.7 Å². The number of benzene rings is 1. The number of anilines is 1. The molecule has 0 aliphatic rings. The van der Waals surface area contributed by atoms with Crippen LogP contribution in [0.25, 0.3) is 0 Å². The number of alkyl halides is 3. The number of hydrogen-bond acceptors (Lipinski definition) is 4. The maximum atomic E-state index is 13.0. The number of aryl methyl sites for hydroxylation is 1. The number of aliphatic hydroxyl groups is 1. The zero-order valence-corrected chi connectivity index (χ0v) is 10.4. The van der Waals surface area contributed by atoms with Gasteiger partial charge in [-0.1, -0.05) is 12.1 Å². The topological polar surface area (TPSA) is 72.5 Å². The lowest BCUT2D eigenvalue weighted by molar-refractivity contribution is -0.267. The molecule has 4 nitrogen and oxygen atoms in total. The van der Waals surface area contributed by atoms with Crippen molar-refractivity contribution in [2.24, 2.45) is 0 Å². The van der Waals surface area contributed by atoms with Gasteiger partial charge >= 0.3 is 12.1 Å². The number of ether oxygens (including phenoxy) is 1. The minimum atomic E-state index is -5.19. The molecule has 0 saturated heterocycles. The van der Waals surface area contributed by atoms with Crippen LogP contribution in [0.1, 0.15) is 18.1 Å². The molecule has 0 saturated carbocycles. The van der Waals surface area contributed by atoms with E-state index in [1.165, 1.54) is 19.9 Å². The van der Waals surface area contributed by atoms with Crippen molar-refractivity contribution in [3.05, 3.63) is 29.3 Å². The van der Waals surface area contributed by atoms with Crippen molar-refractivity contribution < 1.29 is 27.8 Å². The van der Waals surface area contributed by atoms with Crippen molar-refractivity contribution in [2.75, 3.05) is 12.3 Å². The third-order valence-electron chi connectivity index (χ3n) is 2.67. The van der Waals surface area contributed by atoms with Crippen LogP contribution in [0.5, 0.6) is 0 Å². The molecule has 0 aliphatic carbocycles. The van der Waals surface area contributed by atoms with Gasteiger partial charge in [-0.3, -0.25) is 0 Å². The molecule has 7 heteroatoms. The number of halogens is 3. The maximum absolute atomic E-state index is 13.0. The largest absolute Gasteiger partial charge is 0.463 e. The van der Waals surface area contributed by atoms with E-state index < -0.39 is 23.3 Å². The fraction of sp³-hybridized carbons (Fsp3) is 0.417. The predicted molar refractivity (Wildman–Crippen MR) is 62.2 cm³/mol. The van der Waals surface area contributed by atoms with Crippen LogP contribution in [0.4, 0.5) is 18.9 Å². The normalized spacial score (nSPS) is 14.8. The van der Waals surface area contributed by atoms with E-state index in [9.17, 15) is 23.1 Å². The highest BCUT2D eigenvalue weighted by Gasteiger charge is 2.62. The summed E-state index contributed by atoms with van der Waals surface area (Å²) in [6.45, 7) is 2.55. The van der Waals surface area contributed by atoms with Gasteiger partial charge in [-0.2, -0.15) is 13.2 Å². The molecule has 106 valence electrons. The summed E-state index contributed by atoms with van der Waals surface area (Å²) in [6.07, 6.45) is -5.19. The Hall–Kier alpha value is -1.76. The average molecular weight is 277 g/mol. The molecule has 1 rings (SSSR count). The quantitative estimate of drug-likeness (QED) is 0.653. The number of carbonyl (C=O) groups excluding carboxylic acids is 1. The second-order valence-corrected chi connectivity index (χ2v) is 4.00. The van der Waals surface area contributed by atoms with Gasteiger partial charge in [-0.15, -0.1) is 0 Å². The molecule has 1 atom stereocenters. The number of hydrogen-bond donors (Lipinski definition) is 2. The van der Waals surface area contributed by atoms with Gasteiger partial charge in [0.1, 0.15) is 0 Å². The Morgan fingerprint density at radius 2 is 2.00 bits per heavy atom. The first-order valence-corrected chi connectivity index (χ1v) is 5.47. The summed E-state index contributed by atoms with van der Waals surface area (Å²) in [5.41, 5.74) is 1.77. The minimum absolute atomic E-state index is 0.261. The average Bonchev–Trinajstić information content (AvgIpc) is 2.30. The van der Waals surface area contributed by atoms with Crippen LogP contribution >= 0.6 is 0 Å². The summed E-state index contributed by atoms with van der Waals surface area (Å²) in [6, 6.07) is 3.16. The molecule has 0 unspecified atom stereocenters. The summed E-state index contributed by atoms with van der Waals surface area (Å²) < 4.78 is 43.4. The lowest BCUT2D eigenvalue weighted by Gasteiger charge is -2.28. The van der Waals surface area contributed by atoms with Gasteiger partial charge in [-0.05, 0) is 25.5 Å². The van der Waals surface area contributed by atoms with E-state index >= 15 is 0 Å². The van der Waals surface area contributed by atoms with Crippen LogP contribution in [-0.4, -0.2) is 23.9 Å². The second kappa shape index (κ2) is 5.08. The Bertz CT molecular complexity index is 488. The molecule has 1 aromatic rings. The fourth-order valence-corrected chi connectivity index (χ4v) is 1.53. The van der Waals surface area contributed by atoms with Crippen LogP contribution in [0, 0.1) is 6.92 Å². The molecule has 0 aliphatic heterocycles. The Morgan fingerprint density at radius 1 is 1.42 bits per heavy atom. The van der Waals surface area contributed by atoms with E-state index in [0.29, 0.717) is 5.56 Å². The molecule has 1 aromatic carbocycles. The molecule has 0 heterocycles. The molecule has 0 bridgehead atoms. The summed E-state index contributed by atoms with van der Waals surface area (Å²) >= 11 is 0. The lowest BCUT2D eigenvalue weighted by Crippen LogP contribution is -2.50. The molecule has 0 fully saturated rings. The minimum Gasteiger partial charge on any atom is -0.463 e. The first kappa shape index (κ1) is 15.3. The van der Waals surface area contributed by atoms with Crippen LogP contribution < -0.4 is 5.73 Å². The molecule has 0 aromatic heterocycles. The monoisotopic (exact) mass is 277 g/mol. The Balaban J connectivity index is 3.39. The number of nitrogen functional groups attached to an aromatic ring is 1. The Morgan fingerprint density at radius 3 is 2.42 bits per heavy atom. The summed E-state index contributed by atoms with van der Waals surface area (Å²) in [5.74, 6) is -1.76. The van der Waals surface area contributed by atoms with E-state index in [1.807, 2.05) is 0 Å². The molecular formula is C12H14F3NO3. The predicted octanol–water partition coefficient (Wildman–Crippen LogP) is 1.89. The second-order valence-electron chi connectivity index (χ2n) is 4.00. The lowest BCUT2D eigenvalue weighted by atomic mass is 9.91. The van der Waals surface area contributed by atoms with Gasteiger partial charge in [0.2, 0.25) is 0 Å². The van der Waals surface area contributed by atoms with Gasteiger partial charge in [0.15, 0.2) is 0 Å². The number of rotatable bonds is 3. The van der Waals surface area contributed by atoms with E-state index in [-0.39, 0.29) is 12.3 Å². The van der Waals surface area contributed by atoms with Crippen LogP contribution in [-0.2, 0) is 15.1 Å². The van der Waals surface area contributed by atoms with Gasteiger partial charge < -0.3 is 15.6 Å². The van der Waals surface area contributed by atoms with Gasteiger partial charge in [0.25, 0.3) is 5.60 Å². The molecule has 3 N–H and O–H groups in total. The third kappa shape index (κ3) is 2.65. The van der Waals surface area contributed by atoms with Crippen molar-refractivity contribution in [3.63, 3.8) is 0 Å².